The minimum atomic E-state index is 0. The summed E-state index contributed by atoms with van der Waals surface area (Å²) in [5, 5.41) is 6.53. The molecule has 0 bridgehead atoms. The van der Waals surface area contributed by atoms with Crippen molar-refractivity contribution in [2.45, 2.75) is 51.5 Å². The van der Waals surface area contributed by atoms with E-state index in [1.165, 1.54) is 32.1 Å². The first-order valence-electron chi connectivity index (χ1n) is 6.71. The van der Waals surface area contributed by atoms with Crippen LogP contribution >= 0.6 is 35.3 Å². The summed E-state index contributed by atoms with van der Waals surface area (Å²) in [5.41, 5.74) is 7.01. The molecule has 1 aromatic rings. The highest BCUT2D eigenvalue weighted by Gasteiger charge is 2.13. The van der Waals surface area contributed by atoms with Crippen molar-refractivity contribution in [3.8, 4) is 0 Å². The molecule has 0 aliphatic heterocycles. The Labute approximate surface area is 136 Å². The maximum absolute atomic E-state index is 5.89. The molecule has 0 amide bonds. The Morgan fingerprint density at radius 1 is 1.47 bits per heavy atom. The van der Waals surface area contributed by atoms with Crippen molar-refractivity contribution in [1.82, 2.24) is 10.3 Å². The summed E-state index contributed by atoms with van der Waals surface area (Å²) in [7, 11) is 0. The number of hydrogen-bond donors (Lipinski definition) is 2. The summed E-state index contributed by atoms with van der Waals surface area (Å²) in [4.78, 5) is 8.78. The molecule has 4 nitrogen and oxygen atoms in total. The molecule has 0 aromatic carbocycles. The number of nitrogens with one attached hydrogen (secondary N) is 1. The molecule has 3 N–H and O–H groups in total. The first kappa shape index (κ1) is 16.7. The highest BCUT2D eigenvalue weighted by Crippen LogP contribution is 2.17. The molecule has 0 spiro atoms. The van der Waals surface area contributed by atoms with Gasteiger partial charge in [0.15, 0.2) is 5.96 Å². The summed E-state index contributed by atoms with van der Waals surface area (Å²) in [6.45, 7) is 2.74. The monoisotopic (exact) mass is 394 g/mol. The van der Waals surface area contributed by atoms with Crippen LogP contribution in [0.2, 0.25) is 0 Å². The third-order valence-electron chi connectivity index (χ3n) is 3.27. The van der Waals surface area contributed by atoms with Crippen molar-refractivity contribution in [3.05, 3.63) is 16.1 Å². The Morgan fingerprint density at radius 3 is 2.84 bits per heavy atom. The number of rotatable bonds is 4. The molecule has 1 aliphatic rings. The average molecular weight is 394 g/mol. The lowest BCUT2D eigenvalue weighted by atomic mass is 9.96. The van der Waals surface area contributed by atoms with Gasteiger partial charge in [0.2, 0.25) is 0 Å². The van der Waals surface area contributed by atoms with Crippen molar-refractivity contribution in [2.75, 3.05) is 6.54 Å². The van der Waals surface area contributed by atoms with Gasteiger partial charge >= 0.3 is 0 Å². The van der Waals surface area contributed by atoms with Gasteiger partial charge in [0.05, 0.1) is 10.7 Å². The molecule has 0 atom stereocenters. The average Bonchev–Trinajstić information content (AvgIpc) is 2.76. The fourth-order valence-electron chi connectivity index (χ4n) is 2.32. The van der Waals surface area contributed by atoms with Gasteiger partial charge in [-0.15, -0.1) is 35.3 Å². The van der Waals surface area contributed by atoms with Crippen molar-refractivity contribution in [2.24, 2.45) is 10.7 Å². The predicted molar refractivity (Wildman–Crippen MR) is 92.5 cm³/mol. The molecular formula is C13H23IN4S. The molecule has 1 heterocycles. The smallest absolute Gasteiger partial charge is 0.188 e. The van der Waals surface area contributed by atoms with Gasteiger partial charge in [-0.05, 0) is 19.8 Å². The van der Waals surface area contributed by atoms with E-state index in [2.05, 4.69) is 20.7 Å². The number of aryl methyl sites for hydroxylation is 1. The van der Waals surface area contributed by atoms with Crippen molar-refractivity contribution < 1.29 is 0 Å². The van der Waals surface area contributed by atoms with Crippen LogP contribution in [-0.2, 0) is 6.42 Å². The van der Waals surface area contributed by atoms with Gasteiger partial charge in [-0.2, -0.15) is 0 Å². The predicted octanol–water partition coefficient (Wildman–Crippen LogP) is 2.85. The fraction of sp³-hybridized carbons (Fsp3) is 0.692. The van der Waals surface area contributed by atoms with E-state index in [4.69, 9.17) is 5.73 Å². The second-order valence-corrected chi connectivity index (χ2v) is 5.92. The lowest BCUT2D eigenvalue weighted by Gasteiger charge is -2.23. The third kappa shape index (κ3) is 6.07. The van der Waals surface area contributed by atoms with Crippen LogP contribution < -0.4 is 11.1 Å². The van der Waals surface area contributed by atoms with Crippen LogP contribution in [0, 0.1) is 6.92 Å². The minimum Gasteiger partial charge on any atom is -0.370 e. The summed E-state index contributed by atoms with van der Waals surface area (Å²) in [6.07, 6.45) is 7.30. The van der Waals surface area contributed by atoms with E-state index in [1.807, 2.05) is 6.92 Å². The normalized spacial score (nSPS) is 17.0. The highest BCUT2D eigenvalue weighted by atomic mass is 127. The van der Waals surface area contributed by atoms with E-state index in [9.17, 15) is 0 Å². The molecule has 0 radical (unpaired) electrons. The largest absolute Gasteiger partial charge is 0.370 e. The Hall–Kier alpha value is -0.370. The standard InChI is InChI=1S/C13H22N4S.HI/c1-10-16-12(9-18-10)7-8-15-13(14)17-11-5-3-2-4-6-11;/h9,11H,2-8H2,1H3,(H3,14,15,17);1H. The molecule has 0 saturated heterocycles. The van der Waals surface area contributed by atoms with E-state index in [0.29, 0.717) is 18.5 Å². The first-order valence-corrected chi connectivity index (χ1v) is 7.59. The zero-order valence-corrected chi connectivity index (χ0v) is 14.5. The van der Waals surface area contributed by atoms with Gasteiger partial charge in [-0.3, -0.25) is 4.99 Å². The Bertz CT molecular complexity index is 399. The van der Waals surface area contributed by atoms with Gasteiger partial charge in [0.1, 0.15) is 0 Å². The number of halogens is 1. The molecule has 19 heavy (non-hydrogen) atoms. The van der Waals surface area contributed by atoms with Crippen molar-refractivity contribution in [3.63, 3.8) is 0 Å². The van der Waals surface area contributed by atoms with E-state index in [1.54, 1.807) is 11.3 Å². The van der Waals surface area contributed by atoms with Gasteiger partial charge in [-0.25, -0.2) is 4.98 Å². The Kier molecular flexibility index (Phi) is 7.67. The quantitative estimate of drug-likeness (QED) is 0.469. The maximum atomic E-state index is 5.89. The maximum Gasteiger partial charge on any atom is 0.188 e. The number of aromatic nitrogens is 1. The zero-order valence-electron chi connectivity index (χ0n) is 11.4. The number of hydrogen-bond acceptors (Lipinski definition) is 3. The zero-order chi connectivity index (χ0) is 12.8. The molecule has 1 aromatic heterocycles. The summed E-state index contributed by atoms with van der Waals surface area (Å²) >= 11 is 1.69. The van der Waals surface area contributed by atoms with Crippen LogP contribution in [0.3, 0.4) is 0 Å². The number of nitrogens with two attached hydrogens (primary N) is 1. The van der Waals surface area contributed by atoms with Crippen LogP contribution in [0.1, 0.15) is 42.8 Å². The van der Waals surface area contributed by atoms with Crippen molar-refractivity contribution >= 4 is 41.3 Å². The number of aliphatic imine (C=N–C) groups is 1. The van der Waals surface area contributed by atoms with E-state index >= 15 is 0 Å². The van der Waals surface area contributed by atoms with Crippen LogP contribution in [0.15, 0.2) is 10.4 Å². The number of thiazole rings is 1. The lowest BCUT2D eigenvalue weighted by molar-refractivity contribution is 0.412. The SMILES string of the molecule is Cc1nc(CCN=C(N)NC2CCCCC2)cs1.I. The van der Waals surface area contributed by atoms with Crippen LogP contribution in [0.5, 0.6) is 0 Å². The van der Waals surface area contributed by atoms with Crippen LogP contribution in [-0.4, -0.2) is 23.5 Å². The lowest BCUT2D eigenvalue weighted by Crippen LogP contribution is -2.41. The topological polar surface area (TPSA) is 63.3 Å². The first-order chi connectivity index (χ1) is 8.74. The summed E-state index contributed by atoms with van der Waals surface area (Å²) < 4.78 is 0. The van der Waals surface area contributed by atoms with E-state index in [-0.39, 0.29) is 24.0 Å². The van der Waals surface area contributed by atoms with Crippen LogP contribution in [0.25, 0.3) is 0 Å². The van der Waals surface area contributed by atoms with Gasteiger partial charge in [-0.1, -0.05) is 19.3 Å². The molecule has 0 unspecified atom stereocenters. The third-order valence-corrected chi connectivity index (χ3v) is 4.10. The molecule has 1 fully saturated rings. The van der Waals surface area contributed by atoms with Gasteiger partial charge in [0, 0.05) is 24.4 Å². The number of nitrogens with zero attached hydrogens (tertiary/aromatic N) is 2. The van der Waals surface area contributed by atoms with E-state index < -0.39 is 0 Å². The minimum absolute atomic E-state index is 0. The fourth-order valence-corrected chi connectivity index (χ4v) is 2.96. The van der Waals surface area contributed by atoms with E-state index in [0.717, 1.165) is 17.1 Å². The molecule has 1 aliphatic carbocycles. The second-order valence-electron chi connectivity index (χ2n) is 4.85. The van der Waals surface area contributed by atoms with Crippen molar-refractivity contribution in [1.29, 1.82) is 0 Å². The molecule has 2 rings (SSSR count). The van der Waals surface area contributed by atoms with Crippen LogP contribution in [0.4, 0.5) is 0 Å². The van der Waals surface area contributed by atoms with Gasteiger partial charge in [0.25, 0.3) is 0 Å². The Balaban J connectivity index is 0.00000180. The molecule has 108 valence electrons. The summed E-state index contributed by atoms with van der Waals surface area (Å²) in [6, 6.07) is 0.531. The molecule has 1 saturated carbocycles. The molecular weight excluding hydrogens is 371 g/mol. The molecule has 6 heteroatoms. The number of guanidine groups is 1. The highest BCUT2D eigenvalue weighted by molar-refractivity contribution is 14.0. The summed E-state index contributed by atoms with van der Waals surface area (Å²) in [5.74, 6) is 0.592. The van der Waals surface area contributed by atoms with Gasteiger partial charge < -0.3 is 11.1 Å². The Morgan fingerprint density at radius 2 is 2.21 bits per heavy atom. The second kappa shape index (κ2) is 8.73.